The van der Waals surface area contributed by atoms with E-state index in [9.17, 15) is 28.3 Å². The van der Waals surface area contributed by atoms with E-state index in [1.54, 1.807) is 0 Å². The van der Waals surface area contributed by atoms with E-state index in [4.69, 9.17) is 15.3 Å². The fourth-order valence-corrected chi connectivity index (χ4v) is 5.26. The second kappa shape index (κ2) is 8.64. The summed E-state index contributed by atoms with van der Waals surface area (Å²) in [6.45, 7) is 3.78. The molecule has 4 atom stereocenters. The van der Waals surface area contributed by atoms with Crippen LogP contribution in [0.5, 0.6) is 5.75 Å². The molecule has 1 aromatic carbocycles. The molecule has 2 fully saturated rings. The van der Waals surface area contributed by atoms with Gasteiger partial charge in [0.25, 0.3) is 11.8 Å². The van der Waals surface area contributed by atoms with Gasteiger partial charge in [-0.05, 0) is 25.8 Å². The molecule has 4 heterocycles. The summed E-state index contributed by atoms with van der Waals surface area (Å²) in [5, 5.41) is 12.1. The largest absolute Gasteiger partial charge is 0.503 e. The lowest BCUT2D eigenvalue weighted by molar-refractivity contribution is -0.262. The Labute approximate surface area is 204 Å². The summed E-state index contributed by atoms with van der Waals surface area (Å²) in [4.78, 5) is 45.7. The maximum atomic E-state index is 14.4. The van der Waals surface area contributed by atoms with Crippen molar-refractivity contribution in [3.8, 4) is 5.75 Å². The number of nitrogens with two attached hydrogens (primary N) is 1. The third-order valence-corrected chi connectivity index (χ3v) is 7.21. The van der Waals surface area contributed by atoms with E-state index in [0.717, 1.165) is 18.3 Å². The van der Waals surface area contributed by atoms with E-state index in [-0.39, 0.29) is 30.4 Å². The second-order valence-corrected chi connectivity index (χ2v) is 9.40. The van der Waals surface area contributed by atoms with Crippen molar-refractivity contribution in [1.29, 1.82) is 0 Å². The molecule has 0 radical (unpaired) electrons. The minimum Gasteiger partial charge on any atom is -0.503 e. The van der Waals surface area contributed by atoms with Crippen molar-refractivity contribution in [1.82, 2.24) is 14.5 Å². The maximum absolute atomic E-state index is 14.4. The Hall–Kier alpha value is -3.35. The monoisotopic (exact) mass is 504 g/mol. The summed E-state index contributed by atoms with van der Waals surface area (Å²) in [6.07, 6.45) is 1.80. The van der Waals surface area contributed by atoms with Gasteiger partial charge in [0, 0.05) is 36.8 Å². The first kappa shape index (κ1) is 24.3. The van der Waals surface area contributed by atoms with Gasteiger partial charge in [0.15, 0.2) is 11.4 Å². The van der Waals surface area contributed by atoms with E-state index in [1.165, 1.54) is 20.6 Å². The minimum atomic E-state index is -1.37. The maximum Gasteiger partial charge on any atom is 0.274 e. The van der Waals surface area contributed by atoms with Crippen LogP contribution >= 0.6 is 0 Å². The number of amides is 2. The highest BCUT2D eigenvalue weighted by molar-refractivity contribution is 5.98. The van der Waals surface area contributed by atoms with Crippen molar-refractivity contribution in [3.63, 3.8) is 0 Å². The van der Waals surface area contributed by atoms with Crippen molar-refractivity contribution in [2.45, 2.75) is 63.8 Å². The number of rotatable bonds is 4. The third kappa shape index (κ3) is 3.67. The molecular weight excluding hydrogens is 478 g/mol. The Bertz CT molecular complexity index is 1320. The summed E-state index contributed by atoms with van der Waals surface area (Å²) < 4.78 is 35.6. The number of aromatic hydroxyl groups is 1. The molecule has 2 aromatic rings. The molecule has 2 bridgehead atoms. The molecule has 10 nitrogen and oxygen atoms in total. The molecule has 36 heavy (non-hydrogen) atoms. The summed E-state index contributed by atoms with van der Waals surface area (Å²) >= 11 is 0. The number of fused-ring (bicyclic) bond motifs is 5. The predicted octanol–water partition coefficient (Wildman–Crippen LogP) is 2.01. The van der Waals surface area contributed by atoms with Crippen molar-refractivity contribution >= 4 is 11.8 Å². The lowest BCUT2D eigenvalue weighted by Crippen LogP contribution is -2.53. The van der Waals surface area contributed by atoms with Gasteiger partial charge in [-0.3, -0.25) is 19.2 Å². The fourth-order valence-electron chi connectivity index (χ4n) is 5.26. The average Bonchev–Trinajstić information content (AvgIpc) is 3.13. The highest BCUT2D eigenvalue weighted by Gasteiger charge is 2.57. The SMILES string of the molecule is CCC1O[C@]2(CC[C@H](C)N3C[C@H]2n2cc(C(N)=O)c(=O)c(O)c2C3=O)ON1Cc1ccc(F)cc1F. The molecule has 192 valence electrons. The van der Waals surface area contributed by atoms with Gasteiger partial charge in [0.2, 0.25) is 11.2 Å². The predicted molar refractivity (Wildman–Crippen MR) is 121 cm³/mol. The number of benzene rings is 1. The lowest BCUT2D eigenvalue weighted by Gasteiger charge is -2.41. The number of hydrogen-bond acceptors (Lipinski definition) is 7. The van der Waals surface area contributed by atoms with Crippen molar-refractivity contribution < 1.29 is 33.1 Å². The van der Waals surface area contributed by atoms with Crippen LogP contribution in [0.15, 0.2) is 29.2 Å². The Morgan fingerprint density at radius 1 is 1.31 bits per heavy atom. The first-order valence-electron chi connectivity index (χ1n) is 11.7. The molecule has 5 rings (SSSR count). The molecule has 0 saturated carbocycles. The van der Waals surface area contributed by atoms with E-state index in [1.807, 2.05) is 13.8 Å². The van der Waals surface area contributed by atoms with Crippen LogP contribution in [0.2, 0.25) is 0 Å². The van der Waals surface area contributed by atoms with Gasteiger partial charge < -0.3 is 25.0 Å². The van der Waals surface area contributed by atoms with E-state index in [0.29, 0.717) is 19.3 Å². The van der Waals surface area contributed by atoms with Crippen molar-refractivity contribution in [2.24, 2.45) is 5.73 Å². The molecule has 2 saturated heterocycles. The van der Waals surface area contributed by atoms with Gasteiger partial charge in [-0.1, -0.05) is 13.0 Å². The van der Waals surface area contributed by atoms with Crippen molar-refractivity contribution in [2.75, 3.05) is 6.54 Å². The van der Waals surface area contributed by atoms with Crippen LogP contribution in [0, 0.1) is 11.6 Å². The van der Waals surface area contributed by atoms with Crippen LogP contribution < -0.4 is 11.2 Å². The second-order valence-electron chi connectivity index (χ2n) is 9.40. The van der Waals surface area contributed by atoms with Crippen LogP contribution in [-0.4, -0.2) is 56.1 Å². The molecule has 1 aromatic heterocycles. The molecule has 1 unspecified atom stereocenters. The number of pyridine rings is 1. The van der Waals surface area contributed by atoms with E-state index in [2.05, 4.69) is 0 Å². The number of nitrogens with zero attached hydrogens (tertiary/aromatic N) is 3. The molecule has 0 aliphatic carbocycles. The quantitative estimate of drug-likeness (QED) is 0.652. The molecule has 12 heteroatoms. The number of hydrogen-bond donors (Lipinski definition) is 2. The van der Waals surface area contributed by atoms with Crippen LogP contribution in [0.25, 0.3) is 0 Å². The van der Waals surface area contributed by atoms with Crippen LogP contribution in [-0.2, 0) is 16.1 Å². The number of halogens is 2. The fraction of sp³-hybridized carbons (Fsp3) is 0.458. The molecule has 3 aliphatic heterocycles. The Balaban J connectivity index is 1.61. The number of carbonyl (C=O) groups is 2. The zero-order chi connectivity index (χ0) is 25.9. The minimum absolute atomic E-state index is 0.0356. The zero-order valence-electron chi connectivity index (χ0n) is 19.7. The van der Waals surface area contributed by atoms with Crippen LogP contribution in [0.4, 0.5) is 8.78 Å². The summed E-state index contributed by atoms with van der Waals surface area (Å²) in [6, 6.07) is 2.25. The summed E-state index contributed by atoms with van der Waals surface area (Å²) in [5.41, 5.74) is 3.78. The van der Waals surface area contributed by atoms with Gasteiger partial charge in [0.05, 0.1) is 6.54 Å². The number of ether oxygens (including phenoxy) is 1. The smallest absolute Gasteiger partial charge is 0.274 e. The number of carbonyl (C=O) groups excluding carboxylic acids is 2. The topological polar surface area (TPSA) is 127 Å². The lowest BCUT2D eigenvalue weighted by atomic mass is 9.99. The number of primary amides is 1. The van der Waals surface area contributed by atoms with E-state index >= 15 is 0 Å². The van der Waals surface area contributed by atoms with Gasteiger partial charge in [0.1, 0.15) is 29.5 Å². The molecule has 3 aliphatic rings. The number of aromatic nitrogens is 1. The Kier molecular flexibility index (Phi) is 5.85. The van der Waals surface area contributed by atoms with E-state index < -0.39 is 58.2 Å². The molecule has 3 N–H and O–H groups in total. The number of hydroxylamine groups is 2. The van der Waals surface area contributed by atoms with Gasteiger partial charge in [-0.2, -0.15) is 5.06 Å². The van der Waals surface area contributed by atoms with Gasteiger partial charge >= 0.3 is 0 Å². The molecule has 1 spiro atoms. The summed E-state index contributed by atoms with van der Waals surface area (Å²) in [7, 11) is 0. The highest BCUT2D eigenvalue weighted by atomic mass is 19.1. The third-order valence-electron chi connectivity index (χ3n) is 7.21. The first-order valence-corrected chi connectivity index (χ1v) is 11.7. The zero-order valence-corrected chi connectivity index (χ0v) is 19.7. The molecule has 2 amide bonds. The van der Waals surface area contributed by atoms with Crippen molar-refractivity contribution in [3.05, 3.63) is 63.1 Å². The van der Waals surface area contributed by atoms with Crippen LogP contribution in [0.1, 0.15) is 65.6 Å². The Morgan fingerprint density at radius 2 is 2.06 bits per heavy atom. The first-order chi connectivity index (χ1) is 17.1. The van der Waals surface area contributed by atoms with Gasteiger partial charge in [-0.25, -0.2) is 8.78 Å². The van der Waals surface area contributed by atoms with Crippen LogP contribution in [0.3, 0.4) is 0 Å². The summed E-state index contributed by atoms with van der Waals surface area (Å²) in [5.74, 6) is -5.27. The highest BCUT2D eigenvalue weighted by Crippen LogP contribution is 2.47. The Morgan fingerprint density at radius 3 is 2.72 bits per heavy atom. The normalized spacial score (nSPS) is 27.8. The molecular formula is C24H26F2N4O6. The average molecular weight is 504 g/mol. The van der Waals surface area contributed by atoms with Gasteiger partial charge in [-0.15, -0.1) is 0 Å². The standard InChI is InChI=1S/C24H26F2N4O6/c1-3-18-30(9-13-4-5-14(25)8-16(13)26)36-24(35-18)7-6-12(2)28-11-17(24)29-10-15(22(27)33)20(31)21(32)19(29)23(28)34/h4-5,8,10,12,17-18,32H,3,6-7,9,11H2,1-2H3,(H2,27,33)/t12-,17+,18?,24+/m0/s1.